The number of aliphatic carboxylic acids is 1. The number of carboxylic acids is 1. The molecule has 4 heteroatoms. The smallest absolute Gasteiger partial charge is 0.326 e. The molecule has 0 spiro atoms. The lowest BCUT2D eigenvalue weighted by Gasteiger charge is -2.28. The Bertz CT molecular complexity index is 353. The van der Waals surface area contributed by atoms with E-state index in [1.54, 1.807) is 0 Å². The summed E-state index contributed by atoms with van der Waals surface area (Å²) < 4.78 is 0. The van der Waals surface area contributed by atoms with Crippen molar-refractivity contribution < 1.29 is 14.7 Å². The third kappa shape index (κ3) is 4.51. The van der Waals surface area contributed by atoms with Crippen LogP contribution < -0.4 is 5.32 Å². The maximum Gasteiger partial charge on any atom is 0.326 e. The summed E-state index contributed by atoms with van der Waals surface area (Å²) in [7, 11) is 0. The fraction of sp³-hybridized carbons (Fsp3) is 0.714. The second-order valence-electron chi connectivity index (χ2n) is 5.99. The Hall–Kier alpha value is -1.32. The van der Waals surface area contributed by atoms with Crippen molar-refractivity contribution in [3.63, 3.8) is 0 Å². The third-order valence-electron chi connectivity index (χ3n) is 3.19. The first-order valence-electron chi connectivity index (χ1n) is 6.51. The van der Waals surface area contributed by atoms with Crippen molar-refractivity contribution >= 4 is 11.9 Å². The number of carbonyl (C=O) groups excluding carboxylic acids is 1. The highest BCUT2D eigenvalue weighted by Gasteiger charge is 2.32. The van der Waals surface area contributed by atoms with Crippen molar-refractivity contribution in [2.75, 3.05) is 0 Å². The average Bonchev–Trinajstić information content (AvgIpc) is 2.25. The molecule has 0 aliphatic heterocycles. The molecule has 1 amide bonds. The van der Waals surface area contributed by atoms with Gasteiger partial charge in [0.2, 0.25) is 5.91 Å². The minimum absolute atomic E-state index is 0.189. The molecule has 0 unspecified atom stereocenters. The fourth-order valence-corrected chi connectivity index (χ4v) is 2.13. The molecule has 0 saturated heterocycles. The SMILES string of the molecule is CC(C)(C)[C@@H](NC(=O)CC1=CCCCC1)C(=O)O. The van der Waals surface area contributed by atoms with E-state index in [9.17, 15) is 9.59 Å². The van der Waals surface area contributed by atoms with Crippen LogP contribution in [0.5, 0.6) is 0 Å². The van der Waals surface area contributed by atoms with Crippen LogP contribution in [0.25, 0.3) is 0 Å². The van der Waals surface area contributed by atoms with Gasteiger partial charge >= 0.3 is 5.97 Å². The minimum Gasteiger partial charge on any atom is -0.480 e. The van der Waals surface area contributed by atoms with Crippen molar-refractivity contribution in [1.82, 2.24) is 5.32 Å². The number of hydrogen-bond donors (Lipinski definition) is 2. The molecule has 18 heavy (non-hydrogen) atoms. The third-order valence-corrected chi connectivity index (χ3v) is 3.19. The summed E-state index contributed by atoms with van der Waals surface area (Å²) in [4.78, 5) is 23.0. The van der Waals surface area contributed by atoms with E-state index >= 15 is 0 Å². The van der Waals surface area contributed by atoms with E-state index in [1.165, 1.54) is 6.42 Å². The predicted molar refractivity (Wildman–Crippen MR) is 70.2 cm³/mol. The number of hydrogen-bond acceptors (Lipinski definition) is 2. The molecule has 1 atom stereocenters. The molecular formula is C14H23NO3. The van der Waals surface area contributed by atoms with Crippen molar-refractivity contribution in [3.8, 4) is 0 Å². The molecule has 0 aromatic heterocycles. The molecule has 1 aliphatic rings. The van der Waals surface area contributed by atoms with Gasteiger partial charge in [-0.1, -0.05) is 32.4 Å². The summed E-state index contributed by atoms with van der Waals surface area (Å²) in [5, 5.41) is 11.8. The van der Waals surface area contributed by atoms with E-state index in [2.05, 4.69) is 11.4 Å². The Morgan fingerprint density at radius 2 is 2.06 bits per heavy atom. The molecule has 0 fully saturated rings. The van der Waals surface area contributed by atoms with Gasteiger partial charge < -0.3 is 10.4 Å². The van der Waals surface area contributed by atoms with Gasteiger partial charge in [-0.2, -0.15) is 0 Å². The molecule has 0 saturated carbocycles. The lowest BCUT2D eigenvalue weighted by molar-refractivity contribution is -0.144. The molecule has 1 rings (SSSR count). The second-order valence-corrected chi connectivity index (χ2v) is 5.99. The lowest BCUT2D eigenvalue weighted by atomic mass is 9.86. The summed E-state index contributed by atoms with van der Waals surface area (Å²) in [6.07, 6.45) is 6.74. The van der Waals surface area contributed by atoms with Crippen LogP contribution in [0.3, 0.4) is 0 Å². The standard InChI is InChI=1S/C14H23NO3/c1-14(2,3)12(13(17)18)15-11(16)9-10-7-5-4-6-8-10/h7,12H,4-6,8-9H2,1-3H3,(H,15,16)(H,17,18)/t12-/m0/s1. The number of rotatable bonds is 4. The van der Waals surface area contributed by atoms with E-state index in [4.69, 9.17) is 5.11 Å². The van der Waals surface area contributed by atoms with Crippen LogP contribution in [0.4, 0.5) is 0 Å². The first kappa shape index (κ1) is 14.7. The normalized spacial score (nSPS) is 17.8. The van der Waals surface area contributed by atoms with Gasteiger partial charge in [0.1, 0.15) is 6.04 Å². The van der Waals surface area contributed by atoms with Crippen molar-refractivity contribution in [2.24, 2.45) is 5.41 Å². The van der Waals surface area contributed by atoms with Gasteiger partial charge in [-0.15, -0.1) is 0 Å². The molecule has 4 nitrogen and oxygen atoms in total. The van der Waals surface area contributed by atoms with E-state index in [0.29, 0.717) is 6.42 Å². The van der Waals surface area contributed by atoms with E-state index < -0.39 is 17.4 Å². The molecule has 0 radical (unpaired) electrons. The van der Waals surface area contributed by atoms with Crippen LogP contribution >= 0.6 is 0 Å². The van der Waals surface area contributed by atoms with Gasteiger partial charge in [-0.05, 0) is 31.1 Å². The van der Waals surface area contributed by atoms with E-state index in [1.807, 2.05) is 20.8 Å². The van der Waals surface area contributed by atoms with Gasteiger partial charge in [0.15, 0.2) is 0 Å². The number of allylic oxidation sites excluding steroid dienone is 1. The number of carbonyl (C=O) groups is 2. The van der Waals surface area contributed by atoms with Crippen LogP contribution in [-0.2, 0) is 9.59 Å². The molecule has 102 valence electrons. The Balaban J connectivity index is 2.56. The Morgan fingerprint density at radius 3 is 2.50 bits per heavy atom. The van der Waals surface area contributed by atoms with Crippen molar-refractivity contribution in [3.05, 3.63) is 11.6 Å². The molecule has 1 aliphatic carbocycles. The second kappa shape index (κ2) is 6.03. The van der Waals surface area contributed by atoms with Crippen molar-refractivity contribution in [1.29, 1.82) is 0 Å². The van der Waals surface area contributed by atoms with Crippen molar-refractivity contribution in [2.45, 2.75) is 58.9 Å². The monoisotopic (exact) mass is 253 g/mol. The number of amides is 1. The number of nitrogens with one attached hydrogen (secondary N) is 1. The van der Waals surface area contributed by atoms with E-state index in [0.717, 1.165) is 24.8 Å². The quantitative estimate of drug-likeness (QED) is 0.756. The maximum absolute atomic E-state index is 11.9. The largest absolute Gasteiger partial charge is 0.480 e. The Kier molecular flexibility index (Phi) is 4.93. The van der Waals surface area contributed by atoms with Crippen LogP contribution in [-0.4, -0.2) is 23.0 Å². The van der Waals surface area contributed by atoms with Crippen LogP contribution in [0.15, 0.2) is 11.6 Å². The zero-order valence-electron chi connectivity index (χ0n) is 11.5. The summed E-state index contributed by atoms with van der Waals surface area (Å²) >= 11 is 0. The Labute approximate surface area is 108 Å². The minimum atomic E-state index is -0.978. The van der Waals surface area contributed by atoms with Gasteiger partial charge in [-0.25, -0.2) is 4.79 Å². The summed E-state index contributed by atoms with van der Waals surface area (Å²) in [6.45, 7) is 5.43. The first-order valence-corrected chi connectivity index (χ1v) is 6.51. The van der Waals surface area contributed by atoms with Gasteiger partial charge in [-0.3, -0.25) is 4.79 Å². The number of carboxylic acid groups (broad SMARTS) is 1. The molecule has 0 aromatic carbocycles. The maximum atomic E-state index is 11.9. The summed E-state index contributed by atoms with van der Waals surface area (Å²) in [5.74, 6) is -1.17. The lowest BCUT2D eigenvalue weighted by Crippen LogP contribution is -2.49. The van der Waals surface area contributed by atoms with E-state index in [-0.39, 0.29) is 5.91 Å². The highest BCUT2D eigenvalue weighted by atomic mass is 16.4. The molecule has 0 bridgehead atoms. The summed E-state index contributed by atoms with van der Waals surface area (Å²) in [5.41, 5.74) is 0.652. The molecule has 0 heterocycles. The molecular weight excluding hydrogens is 230 g/mol. The zero-order chi connectivity index (χ0) is 13.8. The zero-order valence-corrected chi connectivity index (χ0v) is 11.5. The molecule has 0 aromatic rings. The van der Waals surface area contributed by atoms with Crippen LogP contribution in [0.2, 0.25) is 0 Å². The Morgan fingerprint density at radius 1 is 1.39 bits per heavy atom. The van der Waals surface area contributed by atoms with Crippen LogP contribution in [0, 0.1) is 5.41 Å². The highest BCUT2D eigenvalue weighted by molar-refractivity contribution is 5.85. The summed E-state index contributed by atoms with van der Waals surface area (Å²) in [6, 6.07) is -0.839. The van der Waals surface area contributed by atoms with Gasteiger partial charge in [0, 0.05) is 6.42 Å². The predicted octanol–water partition coefficient (Wildman–Crippen LogP) is 2.49. The average molecular weight is 253 g/mol. The topological polar surface area (TPSA) is 66.4 Å². The van der Waals surface area contributed by atoms with Crippen LogP contribution in [0.1, 0.15) is 52.9 Å². The fourth-order valence-electron chi connectivity index (χ4n) is 2.13. The molecule has 2 N–H and O–H groups in total. The van der Waals surface area contributed by atoms with Gasteiger partial charge in [0.05, 0.1) is 0 Å². The highest BCUT2D eigenvalue weighted by Crippen LogP contribution is 2.22. The van der Waals surface area contributed by atoms with Gasteiger partial charge in [0.25, 0.3) is 0 Å². The first-order chi connectivity index (χ1) is 8.30.